The van der Waals surface area contributed by atoms with Gasteiger partial charge in [-0.3, -0.25) is 0 Å². The number of nitrogens with two attached hydrogens (primary N) is 1. The van der Waals surface area contributed by atoms with Crippen LogP contribution in [0, 0.1) is 11.3 Å². The zero-order valence-corrected chi connectivity index (χ0v) is 11.7. The predicted molar refractivity (Wildman–Crippen MR) is 81.8 cm³/mol. The third-order valence-corrected chi connectivity index (χ3v) is 3.96. The molecule has 3 rings (SSSR count). The summed E-state index contributed by atoms with van der Waals surface area (Å²) in [4.78, 5) is 2.19. The van der Waals surface area contributed by atoms with Crippen molar-refractivity contribution in [2.24, 2.45) is 0 Å². The van der Waals surface area contributed by atoms with E-state index < -0.39 is 0 Å². The number of fused-ring (bicyclic) bond motifs is 1. The summed E-state index contributed by atoms with van der Waals surface area (Å²) in [5.41, 5.74) is 10.9. The molecule has 0 unspecified atom stereocenters. The molecule has 100 valence electrons. The van der Waals surface area contributed by atoms with Crippen molar-refractivity contribution < 1.29 is 0 Å². The molecule has 0 aliphatic carbocycles. The zero-order valence-electron chi connectivity index (χ0n) is 10.9. The van der Waals surface area contributed by atoms with E-state index >= 15 is 0 Å². The van der Waals surface area contributed by atoms with Gasteiger partial charge >= 0.3 is 0 Å². The number of nitrogen functional groups attached to an aromatic ring is 1. The van der Waals surface area contributed by atoms with Crippen molar-refractivity contribution in [1.82, 2.24) is 0 Å². The highest BCUT2D eigenvalue weighted by Gasteiger charge is 2.20. The largest absolute Gasteiger partial charge is 0.398 e. The van der Waals surface area contributed by atoms with E-state index in [1.165, 1.54) is 11.1 Å². The molecule has 0 amide bonds. The number of hydrogen-bond acceptors (Lipinski definition) is 3. The van der Waals surface area contributed by atoms with Gasteiger partial charge in [0.1, 0.15) is 6.07 Å². The standard InChI is InChI=1S/C16H14ClN3/c17-13-5-4-11(9-18)16(8-13)20-7-6-14-12(10-20)2-1-3-15(14)19/h1-5,8H,6-7,10,19H2. The molecule has 0 spiro atoms. The van der Waals surface area contributed by atoms with Crippen LogP contribution < -0.4 is 10.6 Å². The van der Waals surface area contributed by atoms with Crippen molar-refractivity contribution in [1.29, 1.82) is 5.26 Å². The van der Waals surface area contributed by atoms with Crippen molar-refractivity contribution >= 4 is 23.0 Å². The molecular weight excluding hydrogens is 270 g/mol. The number of rotatable bonds is 1. The summed E-state index contributed by atoms with van der Waals surface area (Å²) in [6, 6.07) is 13.6. The van der Waals surface area contributed by atoms with Gasteiger partial charge in [-0.1, -0.05) is 23.7 Å². The molecule has 0 saturated carbocycles. The quantitative estimate of drug-likeness (QED) is 0.817. The molecule has 1 aliphatic rings. The fraction of sp³-hybridized carbons (Fsp3) is 0.188. The monoisotopic (exact) mass is 283 g/mol. The van der Waals surface area contributed by atoms with Gasteiger partial charge in [0.15, 0.2) is 0 Å². The fourth-order valence-electron chi connectivity index (χ4n) is 2.71. The Hall–Kier alpha value is -2.18. The Morgan fingerprint density at radius 1 is 1.25 bits per heavy atom. The second kappa shape index (κ2) is 5.07. The number of hydrogen-bond donors (Lipinski definition) is 1. The minimum atomic E-state index is 0.650. The molecule has 0 bridgehead atoms. The molecule has 0 atom stereocenters. The molecule has 1 heterocycles. The van der Waals surface area contributed by atoms with Crippen LogP contribution in [0.15, 0.2) is 36.4 Å². The van der Waals surface area contributed by atoms with Gasteiger partial charge in [0.05, 0.1) is 11.3 Å². The minimum Gasteiger partial charge on any atom is -0.398 e. The molecule has 0 aromatic heterocycles. The maximum Gasteiger partial charge on any atom is 0.101 e. The fourth-order valence-corrected chi connectivity index (χ4v) is 2.87. The van der Waals surface area contributed by atoms with E-state index in [9.17, 15) is 5.26 Å². The molecular formula is C16H14ClN3. The summed E-state index contributed by atoms with van der Waals surface area (Å²) < 4.78 is 0. The smallest absolute Gasteiger partial charge is 0.101 e. The second-order valence-corrected chi connectivity index (χ2v) is 5.37. The Balaban J connectivity index is 1.99. The van der Waals surface area contributed by atoms with Crippen LogP contribution in [0.2, 0.25) is 5.02 Å². The number of nitriles is 1. The SMILES string of the molecule is N#Cc1ccc(Cl)cc1N1CCc2c(N)cccc2C1. The Morgan fingerprint density at radius 2 is 2.10 bits per heavy atom. The van der Waals surface area contributed by atoms with E-state index in [0.717, 1.165) is 30.9 Å². The Kier molecular flexibility index (Phi) is 3.25. The molecule has 20 heavy (non-hydrogen) atoms. The van der Waals surface area contributed by atoms with Crippen LogP contribution in [-0.2, 0) is 13.0 Å². The average Bonchev–Trinajstić information content (AvgIpc) is 2.47. The van der Waals surface area contributed by atoms with Crippen LogP contribution in [0.4, 0.5) is 11.4 Å². The summed E-state index contributed by atoms with van der Waals surface area (Å²) in [6.07, 6.45) is 0.888. The second-order valence-electron chi connectivity index (χ2n) is 4.93. The molecule has 2 aromatic rings. The normalized spacial score (nSPS) is 13.7. The van der Waals surface area contributed by atoms with Gasteiger partial charge in [0.2, 0.25) is 0 Å². The lowest BCUT2D eigenvalue weighted by Gasteiger charge is -2.32. The topological polar surface area (TPSA) is 53.0 Å². The molecule has 0 saturated heterocycles. The van der Waals surface area contributed by atoms with Gasteiger partial charge in [-0.15, -0.1) is 0 Å². The summed E-state index contributed by atoms with van der Waals surface area (Å²) in [7, 11) is 0. The summed E-state index contributed by atoms with van der Waals surface area (Å²) in [6.45, 7) is 1.60. The molecule has 0 fully saturated rings. The molecule has 3 nitrogen and oxygen atoms in total. The maximum atomic E-state index is 9.24. The van der Waals surface area contributed by atoms with Gasteiger partial charge in [-0.2, -0.15) is 5.26 Å². The summed E-state index contributed by atoms with van der Waals surface area (Å²) in [5, 5.41) is 9.89. The third kappa shape index (κ3) is 2.19. The molecule has 2 aromatic carbocycles. The van der Waals surface area contributed by atoms with E-state index in [1.807, 2.05) is 18.2 Å². The van der Waals surface area contributed by atoms with Crippen LogP contribution in [0.3, 0.4) is 0 Å². The lowest BCUT2D eigenvalue weighted by atomic mass is 9.97. The van der Waals surface area contributed by atoms with Gasteiger partial charge in [-0.25, -0.2) is 0 Å². The number of halogens is 1. The molecule has 4 heteroatoms. The van der Waals surface area contributed by atoms with Gasteiger partial charge in [-0.05, 0) is 41.8 Å². The number of benzene rings is 2. The maximum absolute atomic E-state index is 9.24. The van der Waals surface area contributed by atoms with Crippen LogP contribution >= 0.6 is 11.6 Å². The highest BCUT2D eigenvalue weighted by atomic mass is 35.5. The lowest BCUT2D eigenvalue weighted by Crippen LogP contribution is -2.31. The van der Waals surface area contributed by atoms with E-state index in [1.54, 1.807) is 12.1 Å². The Labute approximate surface area is 123 Å². The predicted octanol–water partition coefficient (Wildman–Crippen LogP) is 3.36. The van der Waals surface area contributed by atoms with Crippen molar-refractivity contribution in [2.75, 3.05) is 17.2 Å². The van der Waals surface area contributed by atoms with Crippen molar-refractivity contribution in [2.45, 2.75) is 13.0 Å². The van der Waals surface area contributed by atoms with Crippen LogP contribution in [0.25, 0.3) is 0 Å². The van der Waals surface area contributed by atoms with Crippen LogP contribution in [0.1, 0.15) is 16.7 Å². The first-order chi connectivity index (χ1) is 9.69. The first kappa shape index (κ1) is 12.8. The van der Waals surface area contributed by atoms with Crippen molar-refractivity contribution in [3.63, 3.8) is 0 Å². The van der Waals surface area contributed by atoms with E-state index in [2.05, 4.69) is 17.0 Å². The average molecular weight is 284 g/mol. The third-order valence-electron chi connectivity index (χ3n) is 3.72. The van der Waals surface area contributed by atoms with E-state index in [0.29, 0.717) is 10.6 Å². The van der Waals surface area contributed by atoms with Gasteiger partial charge in [0, 0.05) is 23.8 Å². The molecule has 2 N–H and O–H groups in total. The van der Waals surface area contributed by atoms with Gasteiger partial charge < -0.3 is 10.6 Å². The minimum absolute atomic E-state index is 0.650. The highest BCUT2D eigenvalue weighted by molar-refractivity contribution is 6.30. The van der Waals surface area contributed by atoms with Gasteiger partial charge in [0.25, 0.3) is 0 Å². The number of nitrogens with zero attached hydrogens (tertiary/aromatic N) is 2. The van der Waals surface area contributed by atoms with E-state index in [4.69, 9.17) is 17.3 Å². The number of anilines is 2. The zero-order chi connectivity index (χ0) is 14.1. The van der Waals surface area contributed by atoms with Crippen LogP contribution in [-0.4, -0.2) is 6.54 Å². The van der Waals surface area contributed by atoms with Crippen molar-refractivity contribution in [3.05, 3.63) is 58.1 Å². The Bertz CT molecular complexity index is 703. The molecule has 0 radical (unpaired) electrons. The molecule has 1 aliphatic heterocycles. The Morgan fingerprint density at radius 3 is 2.90 bits per heavy atom. The summed E-state index contributed by atoms with van der Waals surface area (Å²) in [5.74, 6) is 0. The first-order valence-corrected chi connectivity index (χ1v) is 6.87. The van der Waals surface area contributed by atoms with Crippen LogP contribution in [0.5, 0.6) is 0 Å². The van der Waals surface area contributed by atoms with E-state index in [-0.39, 0.29) is 0 Å². The van der Waals surface area contributed by atoms with Crippen molar-refractivity contribution in [3.8, 4) is 6.07 Å². The summed E-state index contributed by atoms with van der Waals surface area (Å²) >= 11 is 6.06. The lowest BCUT2D eigenvalue weighted by molar-refractivity contribution is 0.732. The highest BCUT2D eigenvalue weighted by Crippen LogP contribution is 2.31. The first-order valence-electron chi connectivity index (χ1n) is 6.50.